The summed E-state index contributed by atoms with van der Waals surface area (Å²) in [4.78, 5) is 15.5. The lowest BCUT2D eigenvalue weighted by Gasteiger charge is -2.32. The van der Waals surface area contributed by atoms with Crippen molar-refractivity contribution >= 4 is 15.9 Å². The van der Waals surface area contributed by atoms with E-state index in [1.807, 2.05) is 0 Å². The number of hydrogen-bond acceptors (Lipinski definition) is 5. The Morgan fingerprint density at radius 2 is 2.15 bits per heavy atom. The van der Waals surface area contributed by atoms with Crippen LogP contribution in [0.3, 0.4) is 0 Å². The number of nitrogens with two attached hydrogens (primary N) is 2. The minimum Gasteiger partial charge on any atom is -0.368 e. The normalized spacial score (nSPS) is 20.8. The molecule has 4 N–H and O–H groups in total. The topological polar surface area (TPSA) is 119 Å². The van der Waals surface area contributed by atoms with E-state index in [-0.39, 0.29) is 11.4 Å². The van der Waals surface area contributed by atoms with Gasteiger partial charge in [0.25, 0.3) is 0 Å². The van der Waals surface area contributed by atoms with Crippen molar-refractivity contribution in [2.45, 2.75) is 36.7 Å². The molecule has 2 heterocycles. The number of aromatic nitrogens is 1. The summed E-state index contributed by atoms with van der Waals surface area (Å²) in [7, 11) is -3.75. The summed E-state index contributed by atoms with van der Waals surface area (Å²) in [5.74, 6) is -0.611. The molecule has 1 amide bonds. The highest BCUT2D eigenvalue weighted by Crippen LogP contribution is 2.24. The molecule has 20 heavy (non-hydrogen) atoms. The molecular formula is C12H18N4O3S. The smallest absolute Gasteiger partial charge is 0.245 e. The first-order valence-electron chi connectivity index (χ1n) is 6.43. The van der Waals surface area contributed by atoms with Gasteiger partial charge in [-0.05, 0) is 25.0 Å². The number of carbonyl (C=O) groups excluding carboxylic acids is 1. The second-order valence-electron chi connectivity index (χ2n) is 4.72. The molecule has 8 heteroatoms. The number of pyridine rings is 1. The predicted octanol–water partition coefficient (Wildman–Crippen LogP) is -0.431. The quantitative estimate of drug-likeness (QED) is 0.781. The highest BCUT2D eigenvalue weighted by Gasteiger charge is 2.36. The number of sulfonamides is 1. The van der Waals surface area contributed by atoms with Crippen LogP contribution in [0.5, 0.6) is 0 Å². The number of carbonyl (C=O) groups is 1. The number of rotatable bonds is 4. The van der Waals surface area contributed by atoms with E-state index in [0.29, 0.717) is 18.7 Å². The van der Waals surface area contributed by atoms with Gasteiger partial charge in [-0.2, -0.15) is 4.31 Å². The summed E-state index contributed by atoms with van der Waals surface area (Å²) in [6.07, 6.45) is 3.24. The highest BCUT2D eigenvalue weighted by atomic mass is 32.2. The van der Waals surface area contributed by atoms with E-state index in [1.165, 1.54) is 16.6 Å². The third-order valence-electron chi connectivity index (χ3n) is 3.40. The van der Waals surface area contributed by atoms with E-state index < -0.39 is 22.0 Å². The molecule has 1 unspecified atom stereocenters. The van der Waals surface area contributed by atoms with Crippen LogP contribution in [0, 0.1) is 0 Å². The Bertz CT molecular complexity index is 585. The van der Waals surface area contributed by atoms with Crippen molar-refractivity contribution < 1.29 is 13.2 Å². The van der Waals surface area contributed by atoms with Crippen molar-refractivity contribution in [1.82, 2.24) is 9.29 Å². The van der Waals surface area contributed by atoms with Crippen molar-refractivity contribution in [3.63, 3.8) is 0 Å². The fourth-order valence-electron chi connectivity index (χ4n) is 2.30. The number of primary amides is 1. The molecule has 7 nitrogen and oxygen atoms in total. The van der Waals surface area contributed by atoms with Gasteiger partial charge in [0.05, 0.1) is 5.69 Å². The van der Waals surface area contributed by atoms with Crippen molar-refractivity contribution in [2.75, 3.05) is 6.54 Å². The standard InChI is InChI=1S/C12H18N4O3S/c13-7-9-4-5-10(8-15-9)20(18,19)16-6-2-1-3-11(16)12(14)17/h4-5,8,11H,1-3,6-7,13H2,(H2,14,17). The van der Waals surface area contributed by atoms with Crippen LogP contribution >= 0.6 is 0 Å². The van der Waals surface area contributed by atoms with Crippen molar-refractivity contribution in [2.24, 2.45) is 11.5 Å². The maximum Gasteiger partial charge on any atom is 0.245 e. The zero-order valence-corrected chi connectivity index (χ0v) is 11.8. The first-order valence-corrected chi connectivity index (χ1v) is 7.87. The SMILES string of the molecule is NCc1ccc(S(=O)(=O)N2CCCCC2C(N)=O)cn1. The summed E-state index contributed by atoms with van der Waals surface area (Å²) in [6.45, 7) is 0.544. The Morgan fingerprint density at radius 1 is 1.40 bits per heavy atom. The van der Waals surface area contributed by atoms with Gasteiger partial charge in [-0.25, -0.2) is 8.42 Å². The summed E-state index contributed by atoms with van der Waals surface area (Å²) in [6, 6.07) is 2.25. The minimum absolute atomic E-state index is 0.0582. The van der Waals surface area contributed by atoms with Gasteiger partial charge >= 0.3 is 0 Å². The van der Waals surface area contributed by atoms with E-state index in [0.717, 1.165) is 12.8 Å². The van der Waals surface area contributed by atoms with Gasteiger partial charge in [0.1, 0.15) is 10.9 Å². The third kappa shape index (κ3) is 2.82. The maximum atomic E-state index is 12.5. The minimum atomic E-state index is -3.75. The van der Waals surface area contributed by atoms with E-state index >= 15 is 0 Å². The Hall–Kier alpha value is -1.51. The summed E-state index contributed by atoms with van der Waals surface area (Å²) >= 11 is 0. The second kappa shape index (κ2) is 5.86. The Balaban J connectivity index is 2.34. The lowest BCUT2D eigenvalue weighted by atomic mass is 10.0. The zero-order chi connectivity index (χ0) is 14.8. The lowest BCUT2D eigenvalue weighted by Crippen LogP contribution is -2.50. The molecule has 1 aromatic rings. The summed E-state index contributed by atoms with van der Waals surface area (Å²) in [5, 5.41) is 0. The van der Waals surface area contributed by atoms with Gasteiger partial charge in [-0.3, -0.25) is 9.78 Å². The lowest BCUT2D eigenvalue weighted by molar-refractivity contribution is -0.122. The largest absolute Gasteiger partial charge is 0.368 e. The average molecular weight is 298 g/mol. The molecule has 110 valence electrons. The van der Waals surface area contributed by atoms with Crippen LogP contribution < -0.4 is 11.5 Å². The second-order valence-corrected chi connectivity index (χ2v) is 6.61. The molecular weight excluding hydrogens is 280 g/mol. The van der Waals surface area contributed by atoms with Gasteiger partial charge in [0.15, 0.2) is 0 Å². The first kappa shape index (κ1) is 14.9. The number of hydrogen-bond donors (Lipinski definition) is 2. The molecule has 1 atom stereocenters. The first-order chi connectivity index (χ1) is 9.46. The molecule has 0 aliphatic carbocycles. The summed E-state index contributed by atoms with van der Waals surface area (Å²) in [5.41, 5.74) is 11.3. The highest BCUT2D eigenvalue weighted by molar-refractivity contribution is 7.89. The van der Waals surface area contributed by atoms with E-state index in [1.54, 1.807) is 6.07 Å². The molecule has 0 bridgehead atoms. The number of amides is 1. The van der Waals surface area contributed by atoms with Gasteiger partial charge in [-0.1, -0.05) is 6.42 Å². The number of piperidine rings is 1. The van der Waals surface area contributed by atoms with Gasteiger partial charge in [-0.15, -0.1) is 0 Å². The average Bonchev–Trinajstić information content (AvgIpc) is 2.47. The maximum absolute atomic E-state index is 12.5. The van der Waals surface area contributed by atoms with Crippen LogP contribution in [-0.2, 0) is 21.4 Å². The molecule has 1 aliphatic rings. The van der Waals surface area contributed by atoms with Gasteiger partial charge < -0.3 is 11.5 Å². The fraction of sp³-hybridized carbons (Fsp3) is 0.500. The molecule has 0 radical (unpaired) electrons. The van der Waals surface area contributed by atoms with E-state index in [2.05, 4.69) is 4.98 Å². The molecule has 2 rings (SSSR count). The number of nitrogens with zero attached hydrogens (tertiary/aromatic N) is 2. The molecule has 1 fully saturated rings. The van der Waals surface area contributed by atoms with E-state index in [4.69, 9.17) is 11.5 Å². The van der Waals surface area contributed by atoms with Crippen molar-refractivity contribution in [3.8, 4) is 0 Å². The van der Waals surface area contributed by atoms with Crippen LogP contribution in [0.25, 0.3) is 0 Å². The molecule has 0 spiro atoms. The Labute approximate surface area is 118 Å². The van der Waals surface area contributed by atoms with Crippen molar-refractivity contribution in [3.05, 3.63) is 24.0 Å². The van der Waals surface area contributed by atoms with Crippen molar-refractivity contribution in [1.29, 1.82) is 0 Å². The Kier molecular flexibility index (Phi) is 4.36. The van der Waals surface area contributed by atoms with Gasteiger partial charge in [0.2, 0.25) is 15.9 Å². The van der Waals surface area contributed by atoms with Crippen LogP contribution in [0.15, 0.2) is 23.2 Å². The molecule has 0 saturated carbocycles. The molecule has 1 aromatic heterocycles. The molecule has 0 aromatic carbocycles. The van der Waals surface area contributed by atoms with Gasteiger partial charge in [0, 0.05) is 19.3 Å². The molecule has 1 aliphatic heterocycles. The third-order valence-corrected chi connectivity index (χ3v) is 5.29. The fourth-order valence-corrected chi connectivity index (χ4v) is 3.91. The van der Waals surface area contributed by atoms with Crippen LogP contribution in [-0.4, -0.2) is 36.2 Å². The van der Waals surface area contributed by atoms with Crippen LogP contribution in [0.4, 0.5) is 0 Å². The van der Waals surface area contributed by atoms with Crippen LogP contribution in [0.2, 0.25) is 0 Å². The summed E-state index contributed by atoms with van der Waals surface area (Å²) < 4.78 is 26.3. The zero-order valence-electron chi connectivity index (χ0n) is 11.0. The molecule has 1 saturated heterocycles. The van der Waals surface area contributed by atoms with E-state index in [9.17, 15) is 13.2 Å². The van der Waals surface area contributed by atoms with Crippen LogP contribution in [0.1, 0.15) is 25.0 Å². The predicted molar refractivity (Wildman–Crippen MR) is 72.9 cm³/mol. The Morgan fingerprint density at radius 3 is 2.70 bits per heavy atom. The monoisotopic (exact) mass is 298 g/mol.